The number of benzene rings is 2. The van der Waals surface area contributed by atoms with Gasteiger partial charge in [0, 0.05) is 6.04 Å². The maximum atomic E-state index is 6.04. The van der Waals surface area contributed by atoms with Gasteiger partial charge in [0.15, 0.2) is 0 Å². The van der Waals surface area contributed by atoms with Crippen LogP contribution in [0, 0.1) is 13.8 Å². The molecule has 2 aromatic rings. The Hall–Kier alpha value is -2.00. The average molecular weight is 271 g/mol. The topological polar surface area (TPSA) is 44.5 Å². The van der Waals surface area contributed by atoms with Crippen molar-refractivity contribution >= 4 is 0 Å². The van der Waals surface area contributed by atoms with Crippen molar-refractivity contribution in [2.75, 3.05) is 7.11 Å². The first-order valence-electron chi connectivity index (χ1n) is 6.70. The predicted molar refractivity (Wildman–Crippen MR) is 81.6 cm³/mol. The quantitative estimate of drug-likeness (QED) is 0.909. The van der Waals surface area contributed by atoms with Gasteiger partial charge in [-0.25, -0.2) is 0 Å². The van der Waals surface area contributed by atoms with Gasteiger partial charge in [-0.1, -0.05) is 12.1 Å². The van der Waals surface area contributed by atoms with Crippen LogP contribution in [0.2, 0.25) is 0 Å². The van der Waals surface area contributed by atoms with Crippen LogP contribution in [0.25, 0.3) is 0 Å². The van der Waals surface area contributed by atoms with E-state index in [9.17, 15) is 0 Å². The van der Waals surface area contributed by atoms with Crippen molar-refractivity contribution < 1.29 is 9.47 Å². The van der Waals surface area contributed by atoms with E-state index in [0.717, 1.165) is 22.8 Å². The lowest BCUT2D eigenvalue weighted by molar-refractivity contribution is 0.397. The Bertz CT molecular complexity index is 606. The molecule has 0 amide bonds. The largest absolute Gasteiger partial charge is 0.496 e. The third kappa shape index (κ3) is 2.94. The zero-order chi connectivity index (χ0) is 14.7. The first-order valence-corrected chi connectivity index (χ1v) is 6.70. The molecule has 0 saturated carbocycles. The molecule has 0 radical (unpaired) electrons. The van der Waals surface area contributed by atoms with E-state index in [1.165, 1.54) is 11.1 Å². The second kappa shape index (κ2) is 5.97. The van der Waals surface area contributed by atoms with E-state index < -0.39 is 0 Å². The molecular weight excluding hydrogens is 250 g/mol. The van der Waals surface area contributed by atoms with Crippen LogP contribution in [-0.2, 0) is 0 Å². The molecule has 0 aromatic heterocycles. The number of hydrogen-bond donors (Lipinski definition) is 1. The van der Waals surface area contributed by atoms with Gasteiger partial charge in [-0.15, -0.1) is 0 Å². The van der Waals surface area contributed by atoms with Crippen molar-refractivity contribution in [3.63, 3.8) is 0 Å². The molecule has 1 atom stereocenters. The lowest BCUT2D eigenvalue weighted by Gasteiger charge is -2.17. The Labute approximate surface area is 120 Å². The van der Waals surface area contributed by atoms with Crippen LogP contribution >= 0.6 is 0 Å². The highest BCUT2D eigenvalue weighted by molar-refractivity contribution is 5.49. The third-order valence-electron chi connectivity index (χ3n) is 3.41. The molecule has 2 rings (SSSR count). The second-order valence-corrected chi connectivity index (χ2v) is 5.01. The Morgan fingerprint density at radius 2 is 1.70 bits per heavy atom. The summed E-state index contributed by atoms with van der Waals surface area (Å²) in [6, 6.07) is 11.6. The fraction of sp³-hybridized carbons (Fsp3) is 0.294. The number of rotatable bonds is 4. The lowest BCUT2D eigenvalue weighted by Crippen LogP contribution is -2.08. The molecule has 2 N–H and O–H groups in total. The zero-order valence-corrected chi connectivity index (χ0v) is 12.4. The molecule has 0 bridgehead atoms. The van der Waals surface area contributed by atoms with Crippen molar-refractivity contribution in [3.8, 4) is 17.2 Å². The minimum atomic E-state index is -0.160. The van der Waals surface area contributed by atoms with Crippen molar-refractivity contribution in [2.24, 2.45) is 5.73 Å². The Morgan fingerprint density at radius 3 is 2.30 bits per heavy atom. The minimum Gasteiger partial charge on any atom is -0.496 e. The molecule has 20 heavy (non-hydrogen) atoms. The van der Waals surface area contributed by atoms with Crippen LogP contribution in [0.5, 0.6) is 17.2 Å². The van der Waals surface area contributed by atoms with Gasteiger partial charge in [0.25, 0.3) is 0 Å². The summed E-state index contributed by atoms with van der Waals surface area (Å²) in [5.41, 5.74) is 9.37. The smallest absolute Gasteiger partial charge is 0.135 e. The molecule has 0 unspecified atom stereocenters. The normalized spacial score (nSPS) is 12.1. The molecule has 0 aliphatic rings. The Kier molecular flexibility index (Phi) is 4.30. The van der Waals surface area contributed by atoms with Gasteiger partial charge in [0.2, 0.25) is 0 Å². The molecule has 2 aromatic carbocycles. The first-order chi connectivity index (χ1) is 9.52. The molecule has 0 aliphatic carbocycles. The van der Waals surface area contributed by atoms with Gasteiger partial charge in [0.05, 0.1) is 12.7 Å². The number of methoxy groups -OCH3 is 1. The van der Waals surface area contributed by atoms with Gasteiger partial charge in [-0.3, -0.25) is 0 Å². The summed E-state index contributed by atoms with van der Waals surface area (Å²) in [5.74, 6) is 2.30. The van der Waals surface area contributed by atoms with Crippen LogP contribution in [0.15, 0.2) is 36.4 Å². The van der Waals surface area contributed by atoms with Crippen molar-refractivity contribution in [1.29, 1.82) is 0 Å². The highest BCUT2D eigenvalue weighted by Crippen LogP contribution is 2.35. The van der Waals surface area contributed by atoms with Gasteiger partial charge < -0.3 is 15.2 Å². The maximum absolute atomic E-state index is 6.04. The monoisotopic (exact) mass is 271 g/mol. The van der Waals surface area contributed by atoms with E-state index in [-0.39, 0.29) is 6.04 Å². The van der Waals surface area contributed by atoms with Crippen LogP contribution in [0.1, 0.15) is 29.7 Å². The number of nitrogens with two attached hydrogens (primary N) is 1. The fourth-order valence-electron chi connectivity index (χ4n) is 2.14. The van der Waals surface area contributed by atoms with Crippen molar-refractivity contribution in [3.05, 3.63) is 53.1 Å². The van der Waals surface area contributed by atoms with Gasteiger partial charge >= 0.3 is 0 Å². The van der Waals surface area contributed by atoms with Gasteiger partial charge in [-0.05, 0) is 56.2 Å². The van der Waals surface area contributed by atoms with E-state index in [1.54, 1.807) is 7.11 Å². The van der Waals surface area contributed by atoms with Gasteiger partial charge in [-0.2, -0.15) is 0 Å². The maximum Gasteiger partial charge on any atom is 0.135 e. The molecule has 0 fully saturated rings. The molecule has 0 spiro atoms. The summed E-state index contributed by atoms with van der Waals surface area (Å²) < 4.78 is 11.4. The molecule has 106 valence electrons. The highest BCUT2D eigenvalue weighted by Gasteiger charge is 2.15. The molecule has 0 saturated heterocycles. The van der Waals surface area contributed by atoms with Crippen molar-refractivity contribution in [1.82, 2.24) is 0 Å². The molecular formula is C17H21NO2. The Morgan fingerprint density at radius 1 is 1.00 bits per heavy atom. The molecule has 3 nitrogen and oxygen atoms in total. The summed E-state index contributed by atoms with van der Waals surface area (Å²) in [6.45, 7) is 6.07. The Balaban J connectivity index is 2.40. The van der Waals surface area contributed by atoms with Crippen LogP contribution in [0.3, 0.4) is 0 Å². The summed E-state index contributed by atoms with van der Waals surface area (Å²) in [6.07, 6.45) is 0. The summed E-state index contributed by atoms with van der Waals surface area (Å²) in [4.78, 5) is 0. The molecule has 3 heteroatoms. The van der Waals surface area contributed by atoms with Crippen molar-refractivity contribution in [2.45, 2.75) is 26.8 Å². The molecule has 0 heterocycles. The van der Waals surface area contributed by atoms with E-state index in [1.807, 2.05) is 37.3 Å². The van der Waals surface area contributed by atoms with E-state index in [2.05, 4.69) is 19.9 Å². The SMILES string of the molecule is COc1cccc(Oc2ccc(C)c(C)c2)c1[C@H](C)N. The predicted octanol–water partition coefficient (Wildman–Crippen LogP) is 4.12. The van der Waals surface area contributed by atoms with Crippen LogP contribution < -0.4 is 15.2 Å². The zero-order valence-electron chi connectivity index (χ0n) is 12.4. The van der Waals surface area contributed by atoms with Crippen LogP contribution in [0.4, 0.5) is 0 Å². The summed E-state index contributed by atoms with van der Waals surface area (Å²) in [7, 11) is 1.64. The number of ether oxygens (including phenoxy) is 2. The summed E-state index contributed by atoms with van der Waals surface area (Å²) in [5, 5.41) is 0. The number of aryl methyl sites for hydroxylation is 2. The number of hydrogen-bond acceptors (Lipinski definition) is 3. The fourth-order valence-corrected chi connectivity index (χ4v) is 2.14. The molecule has 0 aliphatic heterocycles. The van der Waals surface area contributed by atoms with E-state index in [0.29, 0.717) is 0 Å². The highest BCUT2D eigenvalue weighted by atomic mass is 16.5. The standard InChI is InChI=1S/C17H21NO2/c1-11-8-9-14(10-12(11)2)20-16-7-5-6-15(19-4)17(16)13(3)18/h5-10,13H,18H2,1-4H3/t13-/m0/s1. The average Bonchev–Trinajstić information content (AvgIpc) is 2.42. The van der Waals surface area contributed by atoms with E-state index >= 15 is 0 Å². The summed E-state index contributed by atoms with van der Waals surface area (Å²) >= 11 is 0. The minimum absolute atomic E-state index is 0.160. The van der Waals surface area contributed by atoms with E-state index in [4.69, 9.17) is 15.2 Å². The first kappa shape index (κ1) is 14.4. The third-order valence-corrected chi connectivity index (χ3v) is 3.41. The lowest BCUT2D eigenvalue weighted by atomic mass is 10.1. The van der Waals surface area contributed by atoms with Crippen LogP contribution in [-0.4, -0.2) is 7.11 Å². The van der Waals surface area contributed by atoms with Gasteiger partial charge in [0.1, 0.15) is 17.2 Å². The second-order valence-electron chi connectivity index (χ2n) is 5.01.